The van der Waals surface area contributed by atoms with Gasteiger partial charge < -0.3 is 19.9 Å². The number of nitrogens with zero attached hydrogens (tertiary/aromatic N) is 4. The molecule has 1 aliphatic heterocycles. The number of carbonyl (C=O) groups excluding carboxylic acids is 2. The summed E-state index contributed by atoms with van der Waals surface area (Å²) in [4.78, 5) is 50.9. The van der Waals surface area contributed by atoms with Crippen LogP contribution >= 0.6 is 0 Å². The van der Waals surface area contributed by atoms with E-state index in [4.69, 9.17) is 0 Å². The van der Waals surface area contributed by atoms with Crippen LogP contribution in [-0.4, -0.2) is 53.6 Å². The maximum atomic E-state index is 12.8. The number of rotatable bonds is 4. The first kappa shape index (κ1) is 19.4. The Labute approximate surface area is 169 Å². The van der Waals surface area contributed by atoms with Crippen molar-refractivity contribution in [3.8, 4) is 5.75 Å². The van der Waals surface area contributed by atoms with Crippen molar-refractivity contribution in [1.29, 1.82) is 0 Å². The van der Waals surface area contributed by atoms with E-state index >= 15 is 0 Å². The Balaban J connectivity index is 1.65. The molecule has 3 aromatic rings. The molecule has 0 spiro atoms. The Kier molecular flexibility index (Phi) is 4.65. The number of fused-ring (bicyclic) bond motifs is 2. The molecule has 3 N–H and O–H groups in total. The number of hydrogen-bond acceptors (Lipinski definition) is 6. The van der Waals surface area contributed by atoms with Crippen LogP contribution in [0.5, 0.6) is 5.75 Å². The third-order valence-corrected chi connectivity index (χ3v) is 5.14. The summed E-state index contributed by atoms with van der Waals surface area (Å²) in [5.74, 6) is -1.53. The van der Waals surface area contributed by atoms with Crippen molar-refractivity contribution < 1.29 is 14.7 Å². The number of H-pyrrole nitrogens is 1. The number of pyridine rings is 2. The number of amides is 2. The molecule has 156 valence electrons. The third kappa shape index (κ3) is 3.04. The van der Waals surface area contributed by atoms with Gasteiger partial charge in [-0.2, -0.15) is 5.10 Å². The zero-order chi connectivity index (χ0) is 21.6. The van der Waals surface area contributed by atoms with Crippen LogP contribution in [0, 0.1) is 0 Å². The van der Waals surface area contributed by atoms with Gasteiger partial charge in [0.1, 0.15) is 0 Å². The Morgan fingerprint density at radius 1 is 1.30 bits per heavy atom. The smallest absolute Gasteiger partial charge is 0.347 e. The van der Waals surface area contributed by atoms with Crippen molar-refractivity contribution in [2.24, 2.45) is 0 Å². The summed E-state index contributed by atoms with van der Waals surface area (Å²) in [5, 5.41) is 19.0. The van der Waals surface area contributed by atoms with Gasteiger partial charge in [-0.05, 0) is 26.0 Å². The van der Waals surface area contributed by atoms with Crippen LogP contribution < -0.4 is 16.4 Å². The number of hydrogen-bond donors (Lipinski definition) is 3. The zero-order valence-electron chi connectivity index (χ0n) is 16.4. The van der Waals surface area contributed by atoms with Crippen LogP contribution in [0.2, 0.25) is 0 Å². The largest absolute Gasteiger partial charge is 0.503 e. The predicted octanol–water partition coefficient (Wildman–Crippen LogP) is -0.316. The van der Waals surface area contributed by atoms with Crippen molar-refractivity contribution in [1.82, 2.24) is 29.4 Å². The second-order valence-corrected chi connectivity index (χ2v) is 7.27. The van der Waals surface area contributed by atoms with Gasteiger partial charge in [-0.3, -0.25) is 14.4 Å². The van der Waals surface area contributed by atoms with Crippen LogP contribution in [0.1, 0.15) is 40.4 Å². The molecule has 0 radical (unpaired) electrons. The van der Waals surface area contributed by atoms with E-state index in [0.29, 0.717) is 18.8 Å². The number of carbonyl (C=O) groups is 2. The van der Waals surface area contributed by atoms with E-state index in [9.17, 15) is 24.3 Å². The normalized spacial score (nSPS) is 13.7. The summed E-state index contributed by atoms with van der Waals surface area (Å²) >= 11 is 0. The van der Waals surface area contributed by atoms with E-state index in [1.807, 2.05) is 13.8 Å². The minimum absolute atomic E-state index is 0.0496. The van der Waals surface area contributed by atoms with Gasteiger partial charge in [0, 0.05) is 37.1 Å². The molecule has 11 nitrogen and oxygen atoms in total. The fourth-order valence-corrected chi connectivity index (χ4v) is 3.62. The minimum Gasteiger partial charge on any atom is -0.503 e. The molecule has 4 rings (SSSR count). The van der Waals surface area contributed by atoms with Gasteiger partial charge in [-0.1, -0.05) is 0 Å². The fraction of sp³-hybridized carbons (Fsp3) is 0.316. The lowest BCUT2D eigenvalue weighted by Crippen LogP contribution is -2.46. The lowest BCUT2D eigenvalue weighted by atomic mass is 10.1. The summed E-state index contributed by atoms with van der Waals surface area (Å²) in [6, 6.07) is 4.19. The van der Waals surface area contributed by atoms with E-state index in [0.717, 1.165) is 0 Å². The van der Waals surface area contributed by atoms with Gasteiger partial charge in [0.25, 0.3) is 11.8 Å². The topological polar surface area (TPSA) is 142 Å². The molecule has 0 bridgehead atoms. The molecule has 4 heterocycles. The van der Waals surface area contributed by atoms with E-state index in [-0.39, 0.29) is 29.5 Å². The molecule has 1 aliphatic rings. The highest BCUT2D eigenvalue weighted by atomic mass is 16.3. The second-order valence-electron chi connectivity index (χ2n) is 7.27. The summed E-state index contributed by atoms with van der Waals surface area (Å²) in [7, 11) is 0. The molecule has 0 fully saturated rings. The highest BCUT2D eigenvalue weighted by Gasteiger charge is 2.31. The first-order chi connectivity index (χ1) is 14.3. The maximum Gasteiger partial charge on any atom is 0.347 e. The minimum atomic E-state index is -0.689. The lowest BCUT2D eigenvalue weighted by molar-refractivity contribution is 0.0639. The first-order valence-electron chi connectivity index (χ1n) is 9.40. The Hall–Kier alpha value is -3.89. The van der Waals surface area contributed by atoms with Gasteiger partial charge in [0.2, 0.25) is 5.43 Å². The van der Waals surface area contributed by atoms with Crippen LogP contribution in [0.3, 0.4) is 0 Å². The van der Waals surface area contributed by atoms with Crippen molar-refractivity contribution in [3.63, 3.8) is 0 Å². The Bertz CT molecular complexity index is 1280. The zero-order valence-corrected chi connectivity index (χ0v) is 16.4. The summed E-state index contributed by atoms with van der Waals surface area (Å²) in [6.45, 7) is 4.46. The summed E-state index contributed by atoms with van der Waals surface area (Å²) in [6.07, 6.45) is 1.49. The van der Waals surface area contributed by atoms with E-state index in [1.54, 1.807) is 15.5 Å². The number of aromatic amines is 1. The Morgan fingerprint density at radius 3 is 2.80 bits per heavy atom. The van der Waals surface area contributed by atoms with Crippen LogP contribution in [0.4, 0.5) is 0 Å². The molecular weight excluding hydrogens is 392 g/mol. The first-order valence-corrected chi connectivity index (χ1v) is 9.40. The van der Waals surface area contributed by atoms with Crippen molar-refractivity contribution in [2.75, 3.05) is 6.54 Å². The summed E-state index contributed by atoms with van der Waals surface area (Å²) < 4.78 is 2.76. The second kappa shape index (κ2) is 7.17. The van der Waals surface area contributed by atoms with Gasteiger partial charge in [0.05, 0.1) is 12.1 Å². The molecule has 30 heavy (non-hydrogen) atoms. The van der Waals surface area contributed by atoms with Crippen LogP contribution in [-0.2, 0) is 13.1 Å². The van der Waals surface area contributed by atoms with Gasteiger partial charge >= 0.3 is 5.69 Å². The molecule has 0 aromatic carbocycles. The molecule has 0 saturated carbocycles. The van der Waals surface area contributed by atoms with E-state index in [1.165, 1.54) is 22.7 Å². The van der Waals surface area contributed by atoms with Crippen LogP contribution in [0.15, 0.2) is 34.0 Å². The monoisotopic (exact) mass is 412 g/mol. The molecule has 0 atom stereocenters. The van der Waals surface area contributed by atoms with E-state index in [2.05, 4.69) is 15.5 Å². The number of aromatic nitrogens is 4. The van der Waals surface area contributed by atoms with Gasteiger partial charge in [-0.15, -0.1) is 0 Å². The average molecular weight is 412 g/mol. The highest BCUT2D eigenvalue weighted by Crippen LogP contribution is 2.22. The fourth-order valence-electron chi connectivity index (χ4n) is 3.62. The highest BCUT2D eigenvalue weighted by molar-refractivity contribution is 5.99. The SMILES string of the molecule is CC(C)N1CCn2c(CNC(=O)c3cccn4c(=O)[nH]nc34)cc(=O)c(O)c2C1=O. The summed E-state index contributed by atoms with van der Waals surface area (Å²) in [5.41, 5.74) is -0.486. The standard InChI is InChI=1S/C19H20N6O5/c1-10(2)23-6-7-24-11(8-13(26)15(27)14(24)18(23)29)9-20-17(28)12-4-3-5-25-16(12)21-22-19(25)30/h3-5,8,10,27H,6-7,9H2,1-2H3,(H,20,28)(H,22,30). The molecule has 0 saturated heterocycles. The van der Waals surface area contributed by atoms with E-state index < -0.39 is 28.7 Å². The van der Waals surface area contributed by atoms with Crippen molar-refractivity contribution in [3.05, 3.63) is 62.1 Å². The predicted molar refractivity (Wildman–Crippen MR) is 106 cm³/mol. The Morgan fingerprint density at radius 2 is 2.07 bits per heavy atom. The molecular formula is C19H20N6O5. The number of aromatic hydroxyl groups is 1. The molecule has 11 heteroatoms. The van der Waals surface area contributed by atoms with Gasteiger partial charge in [0.15, 0.2) is 17.1 Å². The lowest BCUT2D eigenvalue weighted by Gasteiger charge is -2.34. The quantitative estimate of drug-likeness (QED) is 0.536. The van der Waals surface area contributed by atoms with Gasteiger partial charge in [-0.25, -0.2) is 14.3 Å². The van der Waals surface area contributed by atoms with Crippen LogP contribution in [0.25, 0.3) is 5.65 Å². The third-order valence-electron chi connectivity index (χ3n) is 5.14. The number of nitrogens with one attached hydrogen (secondary N) is 2. The molecule has 2 amide bonds. The van der Waals surface area contributed by atoms with Crippen molar-refractivity contribution in [2.45, 2.75) is 33.0 Å². The average Bonchev–Trinajstić information content (AvgIpc) is 3.10. The maximum absolute atomic E-state index is 12.8. The molecule has 0 unspecified atom stereocenters. The molecule has 3 aromatic heterocycles. The molecule has 0 aliphatic carbocycles. The van der Waals surface area contributed by atoms with Crippen molar-refractivity contribution >= 4 is 17.5 Å².